The summed E-state index contributed by atoms with van der Waals surface area (Å²) >= 11 is 3.14. The number of nitrogens with zero attached hydrogens (tertiary/aromatic N) is 1. The zero-order valence-electron chi connectivity index (χ0n) is 12.6. The number of rotatable bonds is 4. The largest absolute Gasteiger partial charge is 0.378 e. The Hall–Kier alpha value is -1.12. The van der Waals surface area contributed by atoms with Crippen LogP contribution in [-0.4, -0.2) is 42.9 Å². The van der Waals surface area contributed by atoms with Crippen LogP contribution in [0.4, 0.5) is 5.13 Å². The number of thiazole rings is 1. The number of morpholine rings is 1. The Balaban J connectivity index is 0.00000192. The van der Waals surface area contributed by atoms with Crippen LogP contribution < -0.4 is 10.6 Å². The van der Waals surface area contributed by atoms with Crippen LogP contribution in [0.1, 0.15) is 0 Å². The molecule has 124 valence electrons. The van der Waals surface area contributed by atoms with Gasteiger partial charge in [-0.2, -0.15) is 0 Å². The lowest BCUT2D eigenvalue weighted by Gasteiger charge is -2.22. The van der Waals surface area contributed by atoms with Crippen LogP contribution in [-0.2, 0) is 9.53 Å². The quantitative estimate of drug-likeness (QED) is 0.809. The van der Waals surface area contributed by atoms with E-state index in [2.05, 4.69) is 34.0 Å². The molecule has 3 rings (SSSR count). The maximum Gasteiger partial charge on any atom is 0.245 e. The van der Waals surface area contributed by atoms with Crippen molar-refractivity contribution in [2.75, 3.05) is 31.3 Å². The molecule has 0 spiro atoms. The molecule has 1 atom stereocenters. The van der Waals surface area contributed by atoms with E-state index in [1.807, 2.05) is 17.5 Å². The van der Waals surface area contributed by atoms with Crippen molar-refractivity contribution >= 4 is 46.5 Å². The fourth-order valence-electron chi connectivity index (χ4n) is 2.15. The second-order valence-corrected chi connectivity index (χ2v) is 6.58. The lowest BCUT2D eigenvalue weighted by Crippen LogP contribution is -2.48. The van der Waals surface area contributed by atoms with E-state index in [1.54, 1.807) is 11.8 Å². The molecule has 1 saturated heterocycles. The fraction of sp³-hybridized carbons (Fsp3) is 0.333. The highest BCUT2D eigenvalue weighted by atomic mass is 35.5. The lowest BCUT2D eigenvalue weighted by molar-refractivity contribution is -0.120. The van der Waals surface area contributed by atoms with Crippen molar-refractivity contribution in [2.45, 2.75) is 10.9 Å². The molecule has 1 aliphatic heterocycles. The number of hydrogen-bond donors (Lipinski definition) is 2. The summed E-state index contributed by atoms with van der Waals surface area (Å²) in [5.41, 5.74) is 1.93. The standard InChI is InChI=1S/C15H17N3O2S2.ClH/c1-21-11-4-2-10(3-5-11)13-9-22-15(17-13)18-14(19)12-8-20-7-6-16-12;/h2-5,9,12,16H,6-8H2,1H3,(H,17,18,19);1H. The third-order valence-electron chi connectivity index (χ3n) is 3.36. The lowest BCUT2D eigenvalue weighted by atomic mass is 10.2. The summed E-state index contributed by atoms with van der Waals surface area (Å²) in [6, 6.07) is 7.93. The predicted octanol–water partition coefficient (Wildman–Crippen LogP) is 2.88. The van der Waals surface area contributed by atoms with E-state index in [-0.39, 0.29) is 24.4 Å². The van der Waals surface area contributed by atoms with E-state index in [1.165, 1.54) is 16.2 Å². The second kappa shape index (κ2) is 8.65. The van der Waals surface area contributed by atoms with Gasteiger partial charge in [0.15, 0.2) is 5.13 Å². The Morgan fingerprint density at radius 1 is 1.43 bits per heavy atom. The molecule has 2 heterocycles. The van der Waals surface area contributed by atoms with Gasteiger partial charge < -0.3 is 15.4 Å². The Labute approximate surface area is 149 Å². The number of amides is 1. The number of benzene rings is 1. The number of ether oxygens (including phenoxy) is 1. The molecule has 2 N–H and O–H groups in total. The molecule has 0 radical (unpaired) electrons. The van der Waals surface area contributed by atoms with E-state index in [0.29, 0.717) is 24.9 Å². The van der Waals surface area contributed by atoms with Gasteiger partial charge in [-0.1, -0.05) is 12.1 Å². The van der Waals surface area contributed by atoms with Gasteiger partial charge in [-0.25, -0.2) is 4.98 Å². The van der Waals surface area contributed by atoms with Crippen molar-refractivity contribution in [2.24, 2.45) is 0 Å². The van der Waals surface area contributed by atoms with Gasteiger partial charge in [0.25, 0.3) is 0 Å². The zero-order valence-corrected chi connectivity index (χ0v) is 15.0. The highest BCUT2D eigenvalue weighted by Gasteiger charge is 2.22. The van der Waals surface area contributed by atoms with Crippen molar-refractivity contribution in [1.82, 2.24) is 10.3 Å². The Bertz CT molecular complexity index is 642. The summed E-state index contributed by atoms with van der Waals surface area (Å²) in [6.45, 7) is 1.75. The predicted molar refractivity (Wildman–Crippen MR) is 97.8 cm³/mol. The molecule has 0 saturated carbocycles. The Morgan fingerprint density at radius 3 is 2.87 bits per heavy atom. The first-order valence-electron chi connectivity index (χ1n) is 6.98. The minimum absolute atomic E-state index is 0. The van der Waals surface area contributed by atoms with Crippen molar-refractivity contribution < 1.29 is 9.53 Å². The van der Waals surface area contributed by atoms with Crippen LogP contribution in [0.25, 0.3) is 11.3 Å². The molecule has 5 nitrogen and oxygen atoms in total. The number of halogens is 1. The van der Waals surface area contributed by atoms with Crippen LogP contribution in [0.5, 0.6) is 0 Å². The van der Waals surface area contributed by atoms with Crippen LogP contribution in [0.2, 0.25) is 0 Å². The maximum absolute atomic E-state index is 12.1. The average molecular weight is 372 g/mol. The van der Waals surface area contributed by atoms with Crippen molar-refractivity contribution in [3.05, 3.63) is 29.6 Å². The molecule has 1 unspecified atom stereocenters. The van der Waals surface area contributed by atoms with E-state index in [0.717, 1.165) is 11.3 Å². The summed E-state index contributed by atoms with van der Waals surface area (Å²) in [5.74, 6) is -0.0988. The topological polar surface area (TPSA) is 63.2 Å². The summed E-state index contributed by atoms with van der Waals surface area (Å²) in [7, 11) is 0. The average Bonchev–Trinajstić information content (AvgIpc) is 3.04. The van der Waals surface area contributed by atoms with Crippen molar-refractivity contribution in [3.8, 4) is 11.3 Å². The fourth-order valence-corrected chi connectivity index (χ4v) is 3.28. The van der Waals surface area contributed by atoms with Crippen LogP contribution >= 0.6 is 35.5 Å². The number of carbonyl (C=O) groups is 1. The SMILES string of the molecule is CSc1ccc(-c2csc(NC(=O)C3COCCN3)n2)cc1.Cl. The van der Waals surface area contributed by atoms with Gasteiger partial charge in [0.05, 0.1) is 18.9 Å². The molecule has 0 aliphatic carbocycles. The summed E-state index contributed by atoms with van der Waals surface area (Å²) in [4.78, 5) is 17.8. The molecule has 23 heavy (non-hydrogen) atoms. The molecule has 1 amide bonds. The number of thioether (sulfide) groups is 1. The van der Waals surface area contributed by atoms with Crippen LogP contribution in [0.15, 0.2) is 34.5 Å². The van der Waals surface area contributed by atoms with E-state index in [4.69, 9.17) is 4.74 Å². The van der Waals surface area contributed by atoms with E-state index < -0.39 is 0 Å². The van der Waals surface area contributed by atoms with Gasteiger partial charge in [0.1, 0.15) is 6.04 Å². The first-order chi connectivity index (χ1) is 10.8. The summed E-state index contributed by atoms with van der Waals surface area (Å²) in [5, 5.41) is 8.54. The van der Waals surface area contributed by atoms with Crippen molar-refractivity contribution in [3.63, 3.8) is 0 Å². The monoisotopic (exact) mass is 371 g/mol. The van der Waals surface area contributed by atoms with Crippen molar-refractivity contribution in [1.29, 1.82) is 0 Å². The number of aromatic nitrogens is 1. The summed E-state index contributed by atoms with van der Waals surface area (Å²) in [6.07, 6.45) is 2.05. The molecular formula is C15H18ClN3O2S2. The minimum atomic E-state index is -0.304. The van der Waals surface area contributed by atoms with Crippen LogP contribution in [0.3, 0.4) is 0 Å². The van der Waals surface area contributed by atoms with Gasteiger partial charge >= 0.3 is 0 Å². The molecular weight excluding hydrogens is 354 g/mol. The number of carbonyl (C=O) groups excluding carboxylic acids is 1. The van der Waals surface area contributed by atoms with Gasteiger partial charge in [0.2, 0.25) is 5.91 Å². The molecule has 0 bridgehead atoms. The molecule has 8 heteroatoms. The molecule has 2 aromatic rings. The van der Waals surface area contributed by atoms with Gasteiger partial charge in [-0.15, -0.1) is 35.5 Å². The van der Waals surface area contributed by atoms with E-state index >= 15 is 0 Å². The third kappa shape index (κ3) is 4.68. The normalized spacial score (nSPS) is 17.3. The van der Waals surface area contributed by atoms with Gasteiger partial charge in [-0.3, -0.25) is 4.79 Å². The Morgan fingerprint density at radius 2 is 2.22 bits per heavy atom. The second-order valence-electron chi connectivity index (χ2n) is 4.84. The molecule has 1 aliphatic rings. The van der Waals surface area contributed by atoms with Gasteiger partial charge in [0, 0.05) is 22.4 Å². The number of nitrogens with one attached hydrogen (secondary N) is 2. The number of hydrogen-bond acceptors (Lipinski definition) is 6. The highest BCUT2D eigenvalue weighted by Crippen LogP contribution is 2.26. The Kier molecular flexibility index (Phi) is 6.86. The van der Waals surface area contributed by atoms with Gasteiger partial charge in [-0.05, 0) is 18.4 Å². The molecule has 1 aromatic heterocycles. The molecule has 1 aromatic carbocycles. The maximum atomic E-state index is 12.1. The zero-order chi connectivity index (χ0) is 15.4. The minimum Gasteiger partial charge on any atom is -0.378 e. The van der Waals surface area contributed by atoms with E-state index in [9.17, 15) is 4.79 Å². The third-order valence-corrected chi connectivity index (χ3v) is 4.86. The van der Waals surface area contributed by atoms with Crippen LogP contribution in [0, 0.1) is 0 Å². The number of anilines is 1. The molecule has 1 fully saturated rings. The first kappa shape index (κ1) is 18.2. The first-order valence-corrected chi connectivity index (χ1v) is 9.08. The summed E-state index contributed by atoms with van der Waals surface area (Å²) < 4.78 is 5.29. The highest BCUT2D eigenvalue weighted by molar-refractivity contribution is 7.98. The smallest absolute Gasteiger partial charge is 0.245 e.